The van der Waals surface area contributed by atoms with Crippen LogP contribution in [-0.4, -0.2) is 29.3 Å². The Morgan fingerprint density at radius 3 is 2.56 bits per heavy atom. The van der Waals surface area contributed by atoms with Crippen molar-refractivity contribution >= 4 is 11.8 Å². The van der Waals surface area contributed by atoms with Gasteiger partial charge < -0.3 is 10.8 Å². The minimum Gasteiger partial charge on any atom is -0.392 e. The van der Waals surface area contributed by atoms with Gasteiger partial charge >= 0.3 is 0 Å². The molecular formula is C13H27NOS. The number of nitrogens with two attached hydrogens (primary N) is 1. The van der Waals surface area contributed by atoms with Gasteiger partial charge in [0.2, 0.25) is 0 Å². The third-order valence-electron chi connectivity index (χ3n) is 4.12. The molecule has 1 fully saturated rings. The third-order valence-corrected chi connectivity index (χ3v) is 5.06. The molecule has 1 rings (SSSR count). The van der Waals surface area contributed by atoms with Crippen LogP contribution in [0.15, 0.2) is 0 Å². The third kappa shape index (κ3) is 3.64. The number of hydrogen-bond acceptors (Lipinski definition) is 3. The fourth-order valence-corrected chi connectivity index (χ4v) is 3.33. The molecule has 1 aliphatic carbocycles. The van der Waals surface area contributed by atoms with Gasteiger partial charge in [-0.2, -0.15) is 11.8 Å². The molecule has 1 saturated carbocycles. The van der Waals surface area contributed by atoms with Crippen LogP contribution in [0.5, 0.6) is 0 Å². The zero-order valence-corrected chi connectivity index (χ0v) is 11.6. The first-order valence-corrected chi connectivity index (χ1v) is 7.76. The van der Waals surface area contributed by atoms with Crippen molar-refractivity contribution in [3.8, 4) is 0 Å². The highest BCUT2D eigenvalue weighted by molar-refractivity contribution is 7.99. The van der Waals surface area contributed by atoms with E-state index in [-0.39, 0.29) is 11.5 Å². The summed E-state index contributed by atoms with van der Waals surface area (Å²) < 4.78 is 0. The Hall–Kier alpha value is 0.270. The zero-order chi connectivity index (χ0) is 12.0. The lowest BCUT2D eigenvalue weighted by Crippen LogP contribution is -2.44. The zero-order valence-electron chi connectivity index (χ0n) is 10.7. The fraction of sp³-hybridized carbons (Fsp3) is 1.00. The number of aliphatic hydroxyl groups excluding tert-OH is 1. The van der Waals surface area contributed by atoms with Crippen LogP contribution in [-0.2, 0) is 0 Å². The average Bonchev–Trinajstić information content (AvgIpc) is 2.31. The summed E-state index contributed by atoms with van der Waals surface area (Å²) in [6, 6.07) is 0. The van der Waals surface area contributed by atoms with Crippen LogP contribution in [0.2, 0.25) is 0 Å². The fourth-order valence-electron chi connectivity index (χ4n) is 2.66. The van der Waals surface area contributed by atoms with Gasteiger partial charge in [0.05, 0.1) is 6.10 Å². The van der Waals surface area contributed by atoms with E-state index in [0.29, 0.717) is 6.54 Å². The molecule has 96 valence electrons. The second-order valence-electron chi connectivity index (χ2n) is 5.25. The van der Waals surface area contributed by atoms with E-state index in [1.807, 2.05) is 11.8 Å². The topological polar surface area (TPSA) is 46.2 Å². The van der Waals surface area contributed by atoms with Crippen molar-refractivity contribution < 1.29 is 5.11 Å². The second-order valence-corrected chi connectivity index (χ2v) is 6.64. The highest BCUT2D eigenvalue weighted by Gasteiger charge is 2.38. The van der Waals surface area contributed by atoms with Crippen LogP contribution in [0.1, 0.15) is 46.0 Å². The summed E-state index contributed by atoms with van der Waals surface area (Å²) in [6.07, 6.45) is 5.41. The lowest BCUT2D eigenvalue weighted by atomic mass is 9.67. The molecule has 3 N–H and O–H groups in total. The maximum absolute atomic E-state index is 10.3. The van der Waals surface area contributed by atoms with Crippen molar-refractivity contribution in [3.63, 3.8) is 0 Å². The first-order chi connectivity index (χ1) is 7.64. The van der Waals surface area contributed by atoms with Gasteiger partial charge in [0, 0.05) is 12.0 Å². The first-order valence-electron chi connectivity index (χ1n) is 6.60. The van der Waals surface area contributed by atoms with Gasteiger partial charge in [-0.1, -0.05) is 26.7 Å². The van der Waals surface area contributed by atoms with Crippen LogP contribution in [0.25, 0.3) is 0 Å². The van der Waals surface area contributed by atoms with Crippen LogP contribution < -0.4 is 5.73 Å². The highest BCUT2D eigenvalue weighted by atomic mass is 32.2. The summed E-state index contributed by atoms with van der Waals surface area (Å²) in [6.45, 7) is 5.12. The van der Waals surface area contributed by atoms with E-state index in [4.69, 9.17) is 5.73 Å². The van der Waals surface area contributed by atoms with E-state index in [1.165, 1.54) is 12.8 Å². The maximum Gasteiger partial charge on any atom is 0.0616 e. The van der Waals surface area contributed by atoms with Crippen molar-refractivity contribution in [2.45, 2.75) is 52.1 Å². The Labute approximate surface area is 104 Å². The SMILES string of the molecule is CCSCCC(O)C1(CN)CCC(C)CC1. The molecule has 1 aliphatic rings. The molecule has 0 aromatic carbocycles. The predicted octanol–water partition coefficient (Wildman–Crippen LogP) is 2.65. The molecular weight excluding hydrogens is 218 g/mol. The largest absolute Gasteiger partial charge is 0.392 e. The summed E-state index contributed by atoms with van der Waals surface area (Å²) in [5.41, 5.74) is 5.95. The first kappa shape index (κ1) is 14.3. The molecule has 0 radical (unpaired) electrons. The molecule has 16 heavy (non-hydrogen) atoms. The Kier molecular flexibility index (Phi) is 6.16. The van der Waals surface area contributed by atoms with E-state index in [1.54, 1.807) is 0 Å². The van der Waals surface area contributed by atoms with E-state index in [2.05, 4.69) is 13.8 Å². The number of aliphatic hydroxyl groups is 1. The molecule has 3 heteroatoms. The van der Waals surface area contributed by atoms with Gasteiger partial charge in [0.25, 0.3) is 0 Å². The normalized spacial score (nSPS) is 32.6. The number of hydrogen-bond donors (Lipinski definition) is 2. The molecule has 0 aromatic heterocycles. The van der Waals surface area contributed by atoms with Gasteiger partial charge in [-0.15, -0.1) is 0 Å². The summed E-state index contributed by atoms with van der Waals surface area (Å²) >= 11 is 1.91. The molecule has 0 amide bonds. The van der Waals surface area contributed by atoms with Crippen LogP contribution in [0.4, 0.5) is 0 Å². The van der Waals surface area contributed by atoms with Gasteiger partial charge in [-0.25, -0.2) is 0 Å². The number of thioether (sulfide) groups is 1. The monoisotopic (exact) mass is 245 g/mol. The molecule has 0 bridgehead atoms. The molecule has 1 unspecified atom stereocenters. The predicted molar refractivity (Wildman–Crippen MR) is 72.7 cm³/mol. The summed E-state index contributed by atoms with van der Waals surface area (Å²) in [5.74, 6) is 3.02. The molecule has 0 spiro atoms. The Balaban J connectivity index is 2.44. The van der Waals surface area contributed by atoms with E-state index in [0.717, 1.165) is 36.7 Å². The summed E-state index contributed by atoms with van der Waals surface area (Å²) in [4.78, 5) is 0. The minimum absolute atomic E-state index is 0.0286. The lowest BCUT2D eigenvalue weighted by Gasteiger charge is -2.42. The highest BCUT2D eigenvalue weighted by Crippen LogP contribution is 2.41. The average molecular weight is 245 g/mol. The van der Waals surface area contributed by atoms with E-state index in [9.17, 15) is 5.11 Å². The van der Waals surface area contributed by atoms with Crippen molar-refractivity contribution in [1.82, 2.24) is 0 Å². The van der Waals surface area contributed by atoms with Crippen LogP contribution in [0.3, 0.4) is 0 Å². The van der Waals surface area contributed by atoms with Gasteiger partial charge in [0.15, 0.2) is 0 Å². The quantitative estimate of drug-likeness (QED) is 0.707. The van der Waals surface area contributed by atoms with E-state index < -0.39 is 0 Å². The Bertz CT molecular complexity index is 190. The standard InChI is InChI=1S/C13H27NOS/c1-3-16-9-6-12(15)13(10-14)7-4-11(2)5-8-13/h11-12,15H,3-10,14H2,1-2H3. The van der Waals surface area contributed by atoms with Crippen LogP contribution >= 0.6 is 11.8 Å². The number of rotatable bonds is 6. The minimum atomic E-state index is -0.191. The molecule has 0 aliphatic heterocycles. The molecule has 0 heterocycles. The smallest absolute Gasteiger partial charge is 0.0616 e. The van der Waals surface area contributed by atoms with Gasteiger partial charge in [0.1, 0.15) is 0 Å². The second kappa shape index (κ2) is 6.87. The van der Waals surface area contributed by atoms with Crippen LogP contribution in [0, 0.1) is 11.3 Å². The van der Waals surface area contributed by atoms with Crippen molar-refractivity contribution in [3.05, 3.63) is 0 Å². The van der Waals surface area contributed by atoms with Crippen molar-refractivity contribution in [2.24, 2.45) is 17.1 Å². The Morgan fingerprint density at radius 1 is 1.44 bits per heavy atom. The summed E-state index contributed by atoms with van der Waals surface area (Å²) in [5, 5.41) is 10.3. The summed E-state index contributed by atoms with van der Waals surface area (Å²) in [7, 11) is 0. The molecule has 0 aromatic rings. The maximum atomic E-state index is 10.3. The molecule has 1 atom stereocenters. The van der Waals surface area contributed by atoms with Gasteiger partial charge in [-0.05, 0) is 36.7 Å². The molecule has 0 saturated heterocycles. The Morgan fingerprint density at radius 2 is 2.06 bits per heavy atom. The van der Waals surface area contributed by atoms with Crippen molar-refractivity contribution in [1.29, 1.82) is 0 Å². The van der Waals surface area contributed by atoms with E-state index >= 15 is 0 Å². The van der Waals surface area contributed by atoms with Gasteiger partial charge in [-0.3, -0.25) is 0 Å². The molecule has 2 nitrogen and oxygen atoms in total. The van der Waals surface area contributed by atoms with Crippen molar-refractivity contribution in [2.75, 3.05) is 18.1 Å². The lowest BCUT2D eigenvalue weighted by molar-refractivity contribution is -0.00754.